The van der Waals surface area contributed by atoms with Gasteiger partial charge in [-0.15, -0.1) is 0 Å². The van der Waals surface area contributed by atoms with Gasteiger partial charge in [-0.25, -0.2) is 0 Å². The molecule has 0 saturated carbocycles. The van der Waals surface area contributed by atoms with E-state index in [0.717, 1.165) is 53.7 Å². The zero-order valence-corrected chi connectivity index (χ0v) is 17.7. The van der Waals surface area contributed by atoms with Crippen LogP contribution in [0.1, 0.15) is 64.7 Å². The molecule has 0 saturated heterocycles. The maximum atomic E-state index is 6.06. The van der Waals surface area contributed by atoms with Crippen LogP contribution in [-0.2, 0) is 0 Å². The van der Waals surface area contributed by atoms with Gasteiger partial charge in [0.25, 0.3) is 0 Å². The van der Waals surface area contributed by atoms with E-state index >= 15 is 0 Å². The highest BCUT2D eigenvalue weighted by molar-refractivity contribution is 9.09. The Morgan fingerprint density at radius 3 is 1.65 bits per heavy atom. The molecule has 0 bridgehead atoms. The van der Waals surface area contributed by atoms with Gasteiger partial charge in [0.05, 0.1) is 13.2 Å². The van der Waals surface area contributed by atoms with Gasteiger partial charge in [0, 0.05) is 16.1 Å². The number of unbranched alkanes of at least 4 members (excludes halogenated alkanes) is 7. The number of fused-ring (bicyclic) bond motifs is 1. The minimum absolute atomic E-state index is 0.782. The normalized spacial score (nSPS) is 11.0. The molecule has 0 heterocycles. The van der Waals surface area contributed by atoms with Crippen molar-refractivity contribution in [3.8, 4) is 11.5 Å². The molecule has 0 amide bonds. The molecule has 2 nitrogen and oxygen atoms in total. The number of ether oxygens (including phenoxy) is 2. The monoisotopic (exact) mass is 420 g/mol. The van der Waals surface area contributed by atoms with E-state index in [1.807, 2.05) is 0 Å². The first kappa shape index (κ1) is 21.1. The molecule has 0 fully saturated rings. The zero-order chi connectivity index (χ0) is 18.5. The third-order valence-corrected chi connectivity index (χ3v) is 5.20. The molecule has 0 spiro atoms. The van der Waals surface area contributed by atoms with Gasteiger partial charge >= 0.3 is 0 Å². The van der Waals surface area contributed by atoms with Gasteiger partial charge in [0.2, 0.25) is 0 Å². The first-order chi connectivity index (χ1) is 12.9. The lowest BCUT2D eigenvalue weighted by Crippen LogP contribution is -2.00. The fourth-order valence-electron chi connectivity index (χ4n) is 3.12. The molecule has 0 aliphatic heterocycles. The Labute approximate surface area is 167 Å². The number of hydrogen-bond donors (Lipinski definition) is 0. The lowest BCUT2D eigenvalue weighted by atomic mass is 10.1. The first-order valence-corrected chi connectivity index (χ1v) is 11.3. The van der Waals surface area contributed by atoms with Gasteiger partial charge < -0.3 is 9.47 Å². The van der Waals surface area contributed by atoms with Crippen LogP contribution < -0.4 is 9.47 Å². The quantitative estimate of drug-likeness (QED) is 0.232. The van der Waals surface area contributed by atoms with Crippen molar-refractivity contribution in [1.82, 2.24) is 0 Å². The molecule has 26 heavy (non-hydrogen) atoms. The summed E-state index contributed by atoms with van der Waals surface area (Å²) in [6.45, 7) is 3.82. The van der Waals surface area contributed by atoms with Gasteiger partial charge in [0.15, 0.2) is 0 Å². The SMILES string of the molecule is CCCCCCCOc1ccc(OCCCCCCBr)c2ccccc12. The summed E-state index contributed by atoms with van der Waals surface area (Å²) in [6.07, 6.45) is 11.1. The molecule has 0 aliphatic carbocycles. The Morgan fingerprint density at radius 1 is 0.654 bits per heavy atom. The van der Waals surface area contributed by atoms with E-state index in [2.05, 4.69) is 59.3 Å². The highest BCUT2D eigenvalue weighted by atomic mass is 79.9. The molecule has 2 aromatic carbocycles. The summed E-state index contributed by atoms with van der Waals surface area (Å²) in [4.78, 5) is 0. The number of halogens is 1. The summed E-state index contributed by atoms with van der Waals surface area (Å²) in [5, 5.41) is 3.40. The molecule has 0 unspecified atom stereocenters. The number of benzene rings is 2. The van der Waals surface area contributed by atoms with Crippen LogP contribution in [0.3, 0.4) is 0 Å². The van der Waals surface area contributed by atoms with E-state index in [-0.39, 0.29) is 0 Å². The summed E-state index contributed by atoms with van der Waals surface area (Å²) in [6, 6.07) is 12.5. The maximum absolute atomic E-state index is 6.06. The second kappa shape index (κ2) is 13.0. The van der Waals surface area contributed by atoms with E-state index in [0.29, 0.717) is 0 Å². The van der Waals surface area contributed by atoms with Crippen LogP contribution in [0.2, 0.25) is 0 Å². The molecule has 0 N–H and O–H groups in total. The number of rotatable bonds is 14. The van der Waals surface area contributed by atoms with E-state index < -0.39 is 0 Å². The minimum Gasteiger partial charge on any atom is -0.493 e. The van der Waals surface area contributed by atoms with Crippen LogP contribution >= 0.6 is 15.9 Å². The lowest BCUT2D eigenvalue weighted by molar-refractivity contribution is 0.302. The highest BCUT2D eigenvalue weighted by Crippen LogP contribution is 2.33. The lowest BCUT2D eigenvalue weighted by Gasteiger charge is -2.13. The molecular formula is C23H33BrO2. The Kier molecular flexibility index (Phi) is 10.6. The Bertz CT molecular complexity index is 572. The van der Waals surface area contributed by atoms with Crippen molar-refractivity contribution in [2.75, 3.05) is 18.5 Å². The fraction of sp³-hybridized carbons (Fsp3) is 0.565. The van der Waals surface area contributed by atoms with E-state index in [9.17, 15) is 0 Å². The van der Waals surface area contributed by atoms with Crippen LogP contribution in [0.5, 0.6) is 11.5 Å². The zero-order valence-electron chi connectivity index (χ0n) is 16.1. The van der Waals surface area contributed by atoms with Crippen molar-refractivity contribution < 1.29 is 9.47 Å². The van der Waals surface area contributed by atoms with Crippen LogP contribution in [0, 0.1) is 0 Å². The Hall–Kier alpha value is -1.22. The summed E-state index contributed by atoms with van der Waals surface area (Å²) in [5.74, 6) is 1.94. The van der Waals surface area contributed by atoms with Crippen molar-refractivity contribution in [3.05, 3.63) is 36.4 Å². The summed E-state index contributed by atoms with van der Waals surface area (Å²) in [5.41, 5.74) is 0. The molecule has 0 radical (unpaired) electrons. The Morgan fingerprint density at radius 2 is 1.15 bits per heavy atom. The van der Waals surface area contributed by atoms with Crippen LogP contribution in [-0.4, -0.2) is 18.5 Å². The molecule has 0 aliphatic rings. The van der Waals surface area contributed by atoms with Crippen LogP contribution in [0.25, 0.3) is 10.8 Å². The number of hydrogen-bond acceptors (Lipinski definition) is 2. The van der Waals surface area contributed by atoms with Gasteiger partial charge in [-0.05, 0) is 31.4 Å². The number of alkyl halides is 1. The van der Waals surface area contributed by atoms with Crippen molar-refractivity contribution in [3.63, 3.8) is 0 Å². The molecule has 2 rings (SSSR count). The third kappa shape index (κ3) is 7.19. The second-order valence-electron chi connectivity index (χ2n) is 6.82. The van der Waals surface area contributed by atoms with Crippen molar-refractivity contribution >= 4 is 26.7 Å². The van der Waals surface area contributed by atoms with Gasteiger partial charge in [0.1, 0.15) is 11.5 Å². The molecule has 3 heteroatoms. The molecule has 0 atom stereocenters. The van der Waals surface area contributed by atoms with Gasteiger partial charge in [-0.2, -0.15) is 0 Å². The van der Waals surface area contributed by atoms with Gasteiger partial charge in [-0.1, -0.05) is 85.6 Å². The summed E-state index contributed by atoms with van der Waals surface area (Å²) < 4.78 is 12.1. The first-order valence-electron chi connectivity index (χ1n) is 10.2. The molecule has 144 valence electrons. The molecule has 0 aromatic heterocycles. The molecule has 2 aromatic rings. The Balaban J connectivity index is 1.88. The van der Waals surface area contributed by atoms with Crippen LogP contribution in [0.15, 0.2) is 36.4 Å². The maximum Gasteiger partial charge on any atom is 0.127 e. The van der Waals surface area contributed by atoms with Crippen molar-refractivity contribution in [1.29, 1.82) is 0 Å². The topological polar surface area (TPSA) is 18.5 Å². The smallest absolute Gasteiger partial charge is 0.127 e. The average molecular weight is 421 g/mol. The van der Waals surface area contributed by atoms with Crippen molar-refractivity contribution in [2.24, 2.45) is 0 Å². The fourth-order valence-corrected chi connectivity index (χ4v) is 3.51. The van der Waals surface area contributed by atoms with E-state index in [4.69, 9.17) is 9.47 Å². The highest BCUT2D eigenvalue weighted by Gasteiger charge is 2.07. The molecular weight excluding hydrogens is 388 g/mol. The second-order valence-corrected chi connectivity index (χ2v) is 7.61. The van der Waals surface area contributed by atoms with Crippen molar-refractivity contribution in [2.45, 2.75) is 64.7 Å². The standard InChI is InChI=1S/C23H33BrO2/c1-2-3-4-6-11-18-25-22-15-16-23(21-14-9-8-13-20(21)22)26-19-12-7-5-10-17-24/h8-9,13-16H,2-7,10-12,17-19H2,1H3. The summed E-state index contributed by atoms with van der Waals surface area (Å²) in [7, 11) is 0. The summed E-state index contributed by atoms with van der Waals surface area (Å²) >= 11 is 3.48. The van der Waals surface area contributed by atoms with E-state index in [1.54, 1.807) is 0 Å². The average Bonchev–Trinajstić information content (AvgIpc) is 2.68. The largest absolute Gasteiger partial charge is 0.493 e. The van der Waals surface area contributed by atoms with Gasteiger partial charge in [-0.3, -0.25) is 0 Å². The predicted molar refractivity (Wildman–Crippen MR) is 116 cm³/mol. The predicted octanol–water partition coefficient (Wildman–Crippen LogP) is 7.52. The van der Waals surface area contributed by atoms with E-state index in [1.165, 1.54) is 44.9 Å². The minimum atomic E-state index is 0.782. The third-order valence-electron chi connectivity index (χ3n) is 4.64. The van der Waals surface area contributed by atoms with Crippen LogP contribution in [0.4, 0.5) is 0 Å².